The van der Waals surface area contributed by atoms with Crippen LogP contribution in [0.1, 0.15) is 28.4 Å². The van der Waals surface area contributed by atoms with Gasteiger partial charge in [-0.3, -0.25) is 9.78 Å². The van der Waals surface area contributed by atoms with Gasteiger partial charge in [-0.1, -0.05) is 49.4 Å². The number of rotatable bonds is 3. The minimum absolute atomic E-state index is 0.0250. The molecule has 0 bridgehead atoms. The lowest BCUT2D eigenvalue weighted by molar-refractivity contribution is 0.104. The molecule has 0 spiro atoms. The zero-order valence-electron chi connectivity index (χ0n) is 11.3. The van der Waals surface area contributed by atoms with Crippen molar-refractivity contribution in [1.82, 2.24) is 4.98 Å². The number of carbonyl (C=O) groups is 1. The maximum atomic E-state index is 12.6. The lowest BCUT2D eigenvalue weighted by Gasteiger charge is -2.05. The van der Waals surface area contributed by atoms with Crippen molar-refractivity contribution < 1.29 is 4.79 Å². The van der Waals surface area contributed by atoms with Gasteiger partial charge in [0.1, 0.15) is 0 Å². The Bertz CT molecular complexity index is 754. The predicted octanol–water partition coefficient (Wildman–Crippen LogP) is 4.03. The van der Waals surface area contributed by atoms with Crippen LogP contribution in [0, 0.1) is 0 Å². The highest BCUT2D eigenvalue weighted by atomic mass is 16.1. The summed E-state index contributed by atoms with van der Waals surface area (Å²) in [6.07, 6.45) is 2.70. The van der Waals surface area contributed by atoms with E-state index < -0.39 is 0 Å². The third-order valence-corrected chi connectivity index (χ3v) is 3.50. The molecule has 0 amide bonds. The smallest absolute Gasteiger partial charge is 0.195 e. The third kappa shape index (κ3) is 2.21. The topological polar surface area (TPSA) is 30.0 Å². The maximum Gasteiger partial charge on any atom is 0.195 e. The average molecular weight is 261 g/mol. The molecule has 0 atom stereocenters. The second-order valence-electron chi connectivity index (χ2n) is 4.76. The van der Waals surface area contributed by atoms with Crippen molar-refractivity contribution in [3.63, 3.8) is 0 Å². The van der Waals surface area contributed by atoms with E-state index in [9.17, 15) is 4.79 Å². The van der Waals surface area contributed by atoms with Crippen molar-refractivity contribution in [2.24, 2.45) is 0 Å². The molecule has 0 unspecified atom stereocenters. The second-order valence-corrected chi connectivity index (χ2v) is 4.76. The molecule has 98 valence electrons. The van der Waals surface area contributed by atoms with Gasteiger partial charge in [-0.05, 0) is 24.1 Å². The van der Waals surface area contributed by atoms with Crippen LogP contribution in [-0.4, -0.2) is 10.8 Å². The van der Waals surface area contributed by atoms with Crippen LogP contribution < -0.4 is 0 Å². The van der Waals surface area contributed by atoms with Crippen LogP contribution >= 0.6 is 0 Å². The Hall–Kier alpha value is -2.48. The van der Waals surface area contributed by atoms with E-state index in [1.54, 1.807) is 6.20 Å². The van der Waals surface area contributed by atoms with Gasteiger partial charge in [0, 0.05) is 22.7 Å². The van der Waals surface area contributed by atoms with E-state index in [1.165, 1.54) is 5.56 Å². The predicted molar refractivity (Wildman–Crippen MR) is 81.0 cm³/mol. The Labute approximate surface area is 118 Å². The molecule has 0 aliphatic rings. The van der Waals surface area contributed by atoms with Crippen molar-refractivity contribution >= 4 is 16.7 Å². The number of fused-ring (bicyclic) bond motifs is 1. The van der Waals surface area contributed by atoms with Crippen LogP contribution in [0.3, 0.4) is 0 Å². The van der Waals surface area contributed by atoms with E-state index in [4.69, 9.17) is 0 Å². The van der Waals surface area contributed by atoms with E-state index in [2.05, 4.69) is 11.9 Å². The Morgan fingerprint density at radius 1 is 1.00 bits per heavy atom. The minimum Gasteiger partial charge on any atom is -0.289 e. The molecule has 3 rings (SSSR count). The first-order valence-corrected chi connectivity index (χ1v) is 6.77. The minimum atomic E-state index is 0.0250. The molecule has 0 N–H and O–H groups in total. The van der Waals surface area contributed by atoms with Gasteiger partial charge in [0.05, 0.1) is 5.52 Å². The molecule has 0 saturated carbocycles. The van der Waals surface area contributed by atoms with E-state index in [0.717, 1.165) is 17.3 Å². The van der Waals surface area contributed by atoms with Crippen molar-refractivity contribution in [3.05, 3.63) is 77.5 Å². The van der Waals surface area contributed by atoms with Crippen molar-refractivity contribution in [2.75, 3.05) is 0 Å². The van der Waals surface area contributed by atoms with Gasteiger partial charge in [-0.15, -0.1) is 0 Å². The summed E-state index contributed by atoms with van der Waals surface area (Å²) in [6.45, 7) is 2.10. The Kier molecular flexibility index (Phi) is 3.30. The number of ketones is 1. The Morgan fingerprint density at radius 2 is 1.75 bits per heavy atom. The third-order valence-electron chi connectivity index (χ3n) is 3.50. The fraction of sp³-hybridized carbons (Fsp3) is 0.111. The molecule has 0 radical (unpaired) electrons. The fourth-order valence-corrected chi connectivity index (χ4v) is 2.33. The molecule has 1 aromatic heterocycles. The van der Waals surface area contributed by atoms with E-state index in [1.807, 2.05) is 54.6 Å². The SMILES string of the molecule is CCc1ccc(C(=O)c2cccc3cccnc23)cc1. The molecule has 1 heterocycles. The van der Waals surface area contributed by atoms with Gasteiger partial charge in [0.2, 0.25) is 0 Å². The number of nitrogens with zero attached hydrogens (tertiary/aromatic N) is 1. The van der Waals surface area contributed by atoms with Gasteiger partial charge in [-0.25, -0.2) is 0 Å². The highest BCUT2D eigenvalue weighted by Crippen LogP contribution is 2.19. The summed E-state index contributed by atoms with van der Waals surface area (Å²) in [6, 6.07) is 17.4. The van der Waals surface area contributed by atoms with Crippen LogP contribution in [0.5, 0.6) is 0 Å². The Morgan fingerprint density at radius 3 is 2.50 bits per heavy atom. The number of benzene rings is 2. The van der Waals surface area contributed by atoms with Crippen molar-refractivity contribution in [2.45, 2.75) is 13.3 Å². The number of aryl methyl sites for hydroxylation is 1. The fourth-order valence-electron chi connectivity index (χ4n) is 2.33. The van der Waals surface area contributed by atoms with Gasteiger partial charge >= 0.3 is 0 Å². The number of carbonyl (C=O) groups excluding carboxylic acids is 1. The zero-order valence-corrected chi connectivity index (χ0v) is 11.3. The van der Waals surface area contributed by atoms with E-state index >= 15 is 0 Å². The molecular formula is C18H15NO. The molecule has 2 heteroatoms. The molecule has 0 fully saturated rings. The van der Waals surface area contributed by atoms with E-state index in [0.29, 0.717) is 11.1 Å². The highest BCUT2D eigenvalue weighted by molar-refractivity contribution is 6.15. The zero-order chi connectivity index (χ0) is 13.9. The molecule has 0 saturated heterocycles. The van der Waals surface area contributed by atoms with Gasteiger partial charge in [0.15, 0.2) is 5.78 Å². The summed E-state index contributed by atoms with van der Waals surface area (Å²) >= 11 is 0. The molecule has 0 aliphatic carbocycles. The lowest BCUT2D eigenvalue weighted by Crippen LogP contribution is -2.03. The molecule has 3 aromatic rings. The normalized spacial score (nSPS) is 10.7. The van der Waals surface area contributed by atoms with Crippen molar-refractivity contribution in [3.8, 4) is 0 Å². The second kappa shape index (κ2) is 5.25. The maximum absolute atomic E-state index is 12.6. The van der Waals surface area contributed by atoms with Gasteiger partial charge in [-0.2, -0.15) is 0 Å². The average Bonchev–Trinajstić information content (AvgIpc) is 2.54. The first kappa shape index (κ1) is 12.5. The molecule has 0 aliphatic heterocycles. The molecular weight excluding hydrogens is 246 g/mol. The van der Waals surface area contributed by atoms with Crippen LogP contribution in [-0.2, 0) is 6.42 Å². The highest BCUT2D eigenvalue weighted by Gasteiger charge is 2.12. The standard InChI is InChI=1S/C18H15NO/c1-2-13-8-10-15(11-9-13)18(20)16-7-3-5-14-6-4-12-19-17(14)16/h3-12H,2H2,1H3. The Balaban J connectivity index is 2.07. The summed E-state index contributed by atoms with van der Waals surface area (Å²) in [5.41, 5.74) is 3.37. The number of hydrogen-bond acceptors (Lipinski definition) is 2. The quantitative estimate of drug-likeness (QED) is 0.666. The monoisotopic (exact) mass is 261 g/mol. The first-order valence-electron chi connectivity index (χ1n) is 6.77. The van der Waals surface area contributed by atoms with Crippen LogP contribution in [0.2, 0.25) is 0 Å². The summed E-state index contributed by atoms with van der Waals surface area (Å²) in [4.78, 5) is 17.0. The molecule has 2 nitrogen and oxygen atoms in total. The summed E-state index contributed by atoms with van der Waals surface area (Å²) < 4.78 is 0. The molecule has 2 aromatic carbocycles. The van der Waals surface area contributed by atoms with Crippen LogP contribution in [0.4, 0.5) is 0 Å². The van der Waals surface area contributed by atoms with Gasteiger partial charge < -0.3 is 0 Å². The van der Waals surface area contributed by atoms with Crippen LogP contribution in [0.25, 0.3) is 10.9 Å². The lowest BCUT2D eigenvalue weighted by atomic mass is 9.99. The van der Waals surface area contributed by atoms with Crippen molar-refractivity contribution in [1.29, 1.82) is 0 Å². The van der Waals surface area contributed by atoms with Crippen LogP contribution in [0.15, 0.2) is 60.8 Å². The molecule has 20 heavy (non-hydrogen) atoms. The number of hydrogen-bond donors (Lipinski definition) is 0. The summed E-state index contributed by atoms with van der Waals surface area (Å²) in [5.74, 6) is 0.0250. The largest absolute Gasteiger partial charge is 0.289 e. The van der Waals surface area contributed by atoms with E-state index in [-0.39, 0.29) is 5.78 Å². The number of para-hydroxylation sites is 1. The first-order chi connectivity index (χ1) is 9.79. The summed E-state index contributed by atoms with van der Waals surface area (Å²) in [5, 5.41) is 0.989. The summed E-state index contributed by atoms with van der Waals surface area (Å²) in [7, 11) is 0. The number of pyridine rings is 1. The number of aromatic nitrogens is 1. The van der Waals surface area contributed by atoms with Gasteiger partial charge in [0.25, 0.3) is 0 Å².